The molecular formula is C19H19N3O2. The van der Waals surface area contributed by atoms with Crippen molar-refractivity contribution in [3.05, 3.63) is 58.6 Å². The van der Waals surface area contributed by atoms with Gasteiger partial charge < -0.3 is 4.74 Å². The summed E-state index contributed by atoms with van der Waals surface area (Å²) in [5.74, 6) is 0.622. The second-order valence-corrected chi connectivity index (χ2v) is 6.10. The Balaban J connectivity index is 1.93. The second kappa shape index (κ2) is 6.07. The van der Waals surface area contributed by atoms with Gasteiger partial charge in [0.25, 0.3) is 5.56 Å². The van der Waals surface area contributed by atoms with E-state index in [0.29, 0.717) is 28.9 Å². The average molecular weight is 321 g/mol. The summed E-state index contributed by atoms with van der Waals surface area (Å²) in [5.41, 5.74) is 2.67. The highest BCUT2D eigenvalue weighted by Gasteiger charge is 2.30. The number of hydrogen-bond donors (Lipinski definition) is 0. The Morgan fingerprint density at radius 1 is 1.21 bits per heavy atom. The van der Waals surface area contributed by atoms with Crippen molar-refractivity contribution in [2.75, 3.05) is 0 Å². The maximum atomic E-state index is 13.1. The van der Waals surface area contributed by atoms with Gasteiger partial charge in [-0.05, 0) is 18.6 Å². The molecule has 0 saturated carbocycles. The maximum Gasteiger partial charge on any atom is 0.263 e. The predicted octanol–water partition coefficient (Wildman–Crippen LogP) is 3.27. The Labute approximate surface area is 139 Å². The smallest absolute Gasteiger partial charge is 0.263 e. The van der Waals surface area contributed by atoms with Crippen molar-refractivity contribution in [1.29, 1.82) is 0 Å². The number of hydrogen-bond acceptors (Lipinski definition) is 4. The molecule has 1 unspecified atom stereocenters. The first-order valence-electron chi connectivity index (χ1n) is 8.40. The topological polar surface area (TPSA) is 57.0 Å². The third-order valence-electron chi connectivity index (χ3n) is 4.45. The zero-order valence-electron chi connectivity index (χ0n) is 13.6. The Morgan fingerprint density at radius 3 is 2.79 bits per heavy atom. The van der Waals surface area contributed by atoms with Crippen molar-refractivity contribution in [2.45, 2.75) is 38.7 Å². The maximum absolute atomic E-state index is 13.1. The molecule has 3 aromatic rings. The van der Waals surface area contributed by atoms with Crippen LogP contribution in [-0.2, 0) is 6.42 Å². The quantitative estimate of drug-likeness (QED) is 0.740. The molecule has 0 N–H and O–H groups in total. The third kappa shape index (κ3) is 2.37. The van der Waals surface area contributed by atoms with Gasteiger partial charge in [-0.15, -0.1) is 0 Å². The van der Waals surface area contributed by atoms with Crippen LogP contribution in [0.2, 0.25) is 0 Å². The lowest BCUT2D eigenvalue weighted by atomic mass is 10.1. The summed E-state index contributed by atoms with van der Waals surface area (Å²) >= 11 is 0. The van der Waals surface area contributed by atoms with E-state index in [-0.39, 0.29) is 11.7 Å². The van der Waals surface area contributed by atoms with Crippen LogP contribution in [0.15, 0.2) is 47.5 Å². The summed E-state index contributed by atoms with van der Waals surface area (Å²) in [5, 5.41) is 0. The lowest BCUT2D eigenvalue weighted by molar-refractivity contribution is 0.219. The number of benzene rings is 1. The van der Waals surface area contributed by atoms with E-state index >= 15 is 0 Å². The zero-order chi connectivity index (χ0) is 16.5. The Hall–Kier alpha value is -2.69. The van der Waals surface area contributed by atoms with E-state index in [0.717, 1.165) is 24.9 Å². The number of fused-ring (bicyclic) bond motifs is 3. The first kappa shape index (κ1) is 14.9. The number of nitrogens with zero attached hydrogens (tertiary/aromatic N) is 3. The third-order valence-corrected chi connectivity index (χ3v) is 4.45. The van der Waals surface area contributed by atoms with E-state index in [4.69, 9.17) is 4.74 Å². The molecule has 24 heavy (non-hydrogen) atoms. The number of para-hydroxylation sites is 1. The van der Waals surface area contributed by atoms with Gasteiger partial charge in [0.05, 0.1) is 11.3 Å². The van der Waals surface area contributed by atoms with E-state index in [1.807, 2.05) is 30.3 Å². The number of ether oxygens (including phenoxy) is 1. The normalized spacial score (nSPS) is 16.1. The molecule has 1 atom stereocenters. The van der Waals surface area contributed by atoms with Crippen LogP contribution in [0.4, 0.5) is 0 Å². The van der Waals surface area contributed by atoms with Crippen LogP contribution in [0.3, 0.4) is 0 Å². The molecule has 5 nitrogen and oxygen atoms in total. The van der Waals surface area contributed by atoms with Gasteiger partial charge >= 0.3 is 0 Å². The molecule has 122 valence electrons. The largest absolute Gasteiger partial charge is 0.487 e. The molecular weight excluding hydrogens is 302 g/mol. The molecule has 1 aliphatic rings. The predicted molar refractivity (Wildman–Crippen MR) is 92.8 cm³/mol. The summed E-state index contributed by atoms with van der Waals surface area (Å²) in [6.07, 6.45) is 7.12. The summed E-state index contributed by atoms with van der Waals surface area (Å²) in [6, 6.07) is 9.58. The fraction of sp³-hybridized carbons (Fsp3) is 0.316. The summed E-state index contributed by atoms with van der Waals surface area (Å²) < 4.78 is 7.72. The highest BCUT2D eigenvalue weighted by Crippen LogP contribution is 2.34. The minimum absolute atomic E-state index is 0.0526. The molecule has 0 saturated heterocycles. The summed E-state index contributed by atoms with van der Waals surface area (Å²) in [6.45, 7) is 2.16. The van der Waals surface area contributed by atoms with Gasteiger partial charge in [-0.3, -0.25) is 9.36 Å². The molecule has 0 fully saturated rings. The van der Waals surface area contributed by atoms with E-state index in [1.54, 1.807) is 17.0 Å². The Kier molecular flexibility index (Phi) is 3.76. The second-order valence-electron chi connectivity index (χ2n) is 6.10. The minimum atomic E-state index is -0.0526. The first-order valence-corrected chi connectivity index (χ1v) is 8.40. The number of rotatable bonds is 4. The van der Waals surface area contributed by atoms with Crippen molar-refractivity contribution in [3.8, 4) is 11.4 Å². The fourth-order valence-electron chi connectivity index (χ4n) is 3.28. The molecule has 1 aromatic carbocycles. The van der Waals surface area contributed by atoms with Gasteiger partial charge in [-0.1, -0.05) is 38.0 Å². The van der Waals surface area contributed by atoms with Crippen LogP contribution >= 0.6 is 0 Å². The van der Waals surface area contributed by atoms with Crippen LogP contribution in [0.25, 0.3) is 16.9 Å². The first-order chi connectivity index (χ1) is 11.8. The molecule has 0 amide bonds. The Bertz CT molecular complexity index is 934. The molecule has 5 heteroatoms. The average Bonchev–Trinajstić information content (AvgIpc) is 3.06. The molecule has 3 heterocycles. The highest BCUT2D eigenvalue weighted by atomic mass is 16.5. The molecule has 2 aromatic heterocycles. The zero-order valence-corrected chi connectivity index (χ0v) is 13.6. The van der Waals surface area contributed by atoms with E-state index < -0.39 is 0 Å². The van der Waals surface area contributed by atoms with Crippen molar-refractivity contribution in [2.24, 2.45) is 0 Å². The van der Waals surface area contributed by atoms with Gasteiger partial charge in [0.15, 0.2) is 11.4 Å². The van der Waals surface area contributed by atoms with E-state index in [1.165, 1.54) is 0 Å². The lowest BCUT2D eigenvalue weighted by Gasteiger charge is -2.12. The molecule has 1 aliphatic heterocycles. The fourth-order valence-corrected chi connectivity index (χ4v) is 3.28. The minimum Gasteiger partial charge on any atom is -0.487 e. The number of unbranched alkanes of at least 4 members (excludes halogenated alkanes) is 1. The summed E-state index contributed by atoms with van der Waals surface area (Å²) in [4.78, 5) is 22.0. The van der Waals surface area contributed by atoms with Crippen LogP contribution in [0.5, 0.6) is 5.75 Å². The van der Waals surface area contributed by atoms with E-state index in [2.05, 4.69) is 16.9 Å². The van der Waals surface area contributed by atoms with E-state index in [9.17, 15) is 4.79 Å². The van der Waals surface area contributed by atoms with Crippen molar-refractivity contribution in [3.63, 3.8) is 0 Å². The lowest BCUT2D eigenvalue weighted by Crippen LogP contribution is -2.23. The van der Waals surface area contributed by atoms with Crippen LogP contribution in [0.1, 0.15) is 31.7 Å². The van der Waals surface area contributed by atoms with Gasteiger partial charge in [-0.2, -0.15) is 0 Å². The summed E-state index contributed by atoms with van der Waals surface area (Å²) in [7, 11) is 0. The van der Waals surface area contributed by atoms with Crippen LogP contribution in [-0.4, -0.2) is 20.6 Å². The standard InChI is InChI=1S/C19H19N3O2/c1-2-3-9-14-12-15-17(24-14)16-18(21-11-10-20-16)22(19(15)23)13-7-5-4-6-8-13/h4-8,10-11,14H,2-3,9,12H2,1H3. The molecule has 0 spiro atoms. The SMILES string of the molecule is CCCCC1Cc2c(c3nccnc3n(-c3ccccc3)c2=O)O1. The number of pyridine rings is 1. The number of aromatic nitrogens is 3. The van der Waals surface area contributed by atoms with Crippen molar-refractivity contribution in [1.82, 2.24) is 14.5 Å². The van der Waals surface area contributed by atoms with Gasteiger partial charge in [0, 0.05) is 18.8 Å². The van der Waals surface area contributed by atoms with Gasteiger partial charge in [-0.25, -0.2) is 9.97 Å². The Morgan fingerprint density at radius 2 is 2.00 bits per heavy atom. The van der Waals surface area contributed by atoms with Crippen LogP contribution < -0.4 is 10.3 Å². The van der Waals surface area contributed by atoms with Crippen molar-refractivity contribution >= 4 is 11.2 Å². The van der Waals surface area contributed by atoms with Gasteiger partial charge in [0.1, 0.15) is 11.6 Å². The monoisotopic (exact) mass is 321 g/mol. The molecule has 4 rings (SSSR count). The molecule has 0 aliphatic carbocycles. The molecule has 0 bridgehead atoms. The molecule has 0 radical (unpaired) electrons. The van der Waals surface area contributed by atoms with Crippen molar-refractivity contribution < 1.29 is 4.74 Å². The van der Waals surface area contributed by atoms with Crippen LogP contribution in [0, 0.1) is 0 Å². The van der Waals surface area contributed by atoms with Gasteiger partial charge in [0.2, 0.25) is 0 Å². The highest BCUT2D eigenvalue weighted by molar-refractivity contribution is 5.81.